The maximum absolute atomic E-state index is 11.9. The number of ether oxygens (including phenoxy) is 1. The third kappa shape index (κ3) is 2.77. The molecule has 2 rings (SSSR count). The Kier molecular flexibility index (Phi) is 4.40. The second-order valence-corrected chi connectivity index (χ2v) is 5.30. The first-order valence-corrected chi connectivity index (χ1v) is 7.13. The molecule has 0 amide bonds. The summed E-state index contributed by atoms with van der Waals surface area (Å²) in [5, 5.41) is 11.9. The van der Waals surface area contributed by atoms with Gasteiger partial charge in [0.1, 0.15) is 5.75 Å². The summed E-state index contributed by atoms with van der Waals surface area (Å²) >= 11 is 0. The lowest BCUT2D eigenvalue weighted by Gasteiger charge is -2.17. The van der Waals surface area contributed by atoms with Crippen LogP contribution >= 0.6 is 0 Å². The van der Waals surface area contributed by atoms with E-state index < -0.39 is 4.92 Å². The third-order valence-electron chi connectivity index (χ3n) is 3.34. The highest BCUT2D eigenvalue weighted by molar-refractivity contribution is 6.07. The number of hydrogen-bond donors (Lipinski definition) is 0. The van der Waals surface area contributed by atoms with Crippen LogP contribution in [0, 0.1) is 10.1 Å². The highest BCUT2D eigenvalue weighted by Crippen LogP contribution is 2.38. The molecule has 0 unspecified atom stereocenters. The fraction of sp³-hybridized carbons (Fsp3) is 0.375. The molecule has 0 radical (unpaired) electrons. The summed E-state index contributed by atoms with van der Waals surface area (Å²) in [5.41, 5.74) is 1.17. The van der Waals surface area contributed by atoms with Crippen LogP contribution in [0.2, 0.25) is 0 Å². The Labute approximate surface area is 128 Å². The van der Waals surface area contributed by atoms with Crippen LogP contribution in [-0.2, 0) is 6.42 Å². The van der Waals surface area contributed by atoms with Crippen molar-refractivity contribution in [2.24, 2.45) is 0 Å². The second-order valence-electron chi connectivity index (χ2n) is 5.30. The first-order valence-electron chi connectivity index (χ1n) is 7.13. The molecule has 116 valence electrons. The number of aryl methyl sites for hydroxylation is 1. The van der Waals surface area contributed by atoms with Gasteiger partial charge in [-0.3, -0.25) is 14.9 Å². The van der Waals surface area contributed by atoms with Gasteiger partial charge in [-0.1, -0.05) is 6.92 Å². The molecule has 2 aromatic rings. The average molecular weight is 302 g/mol. The van der Waals surface area contributed by atoms with E-state index in [2.05, 4.69) is 4.98 Å². The smallest absolute Gasteiger partial charge is 0.296 e. The number of benzene rings is 1. The Bertz CT molecular complexity index is 753. The van der Waals surface area contributed by atoms with Crippen LogP contribution in [0.4, 0.5) is 5.69 Å². The fourth-order valence-electron chi connectivity index (χ4n) is 2.41. The largest absolute Gasteiger partial charge is 0.490 e. The van der Waals surface area contributed by atoms with E-state index in [1.807, 2.05) is 20.8 Å². The Morgan fingerprint density at radius 1 is 1.45 bits per heavy atom. The van der Waals surface area contributed by atoms with Crippen molar-refractivity contribution < 1.29 is 14.5 Å². The lowest BCUT2D eigenvalue weighted by Crippen LogP contribution is -2.11. The van der Waals surface area contributed by atoms with E-state index in [1.54, 1.807) is 12.3 Å². The molecular weight excluding hydrogens is 284 g/mol. The van der Waals surface area contributed by atoms with E-state index in [1.165, 1.54) is 13.0 Å². The first-order chi connectivity index (χ1) is 10.4. The molecule has 0 N–H and O–H groups in total. The SMILES string of the molecule is CCc1ccnc2c([N+](=O)[O-])cc(C(C)=O)c(OC(C)C)c12. The minimum Gasteiger partial charge on any atom is -0.490 e. The summed E-state index contributed by atoms with van der Waals surface area (Å²) in [4.78, 5) is 26.9. The molecule has 1 aromatic carbocycles. The highest BCUT2D eigenvalue weighted by atomic mass is 16.6. The van der Waals surface area contributed by atoms with E-state index in [0.29, 0.717) is 17.6 Å². The number of carbonyl (C=O) groups excluding carboxylic acids is 1. The predicted molar refractivity (Wildman–Crippen MR) is 83.5 cm³/mol. The van der Waals surface area contributed by atoms with Crippen LogP contribution in [-0.4, -0.2) is 21.8 Å². The molecule has 0 aliphatic rings. The lowest BCUT2D eigenvalue weighted by atomic mass is 9.99. The molecule has 0 aliphatic heterocycles. The zero-order chi connectivity index (χ0) is 16.4. The summed E-state index contributed by atoms with van der Waals surface area (Å²) in [6.07, 6.45) is 2.04. The molecule has 0 saturated heterocycles. The number of nitro benzene ring substituents is 1. The molecule has 6 nitrogen and oxygen atoms in total. The molecule has 0 fully saturated rings. The number of pyridine rings is 1. The minimum atomic E-state index is -0.514. The molecule has 22 heavy (non-hydrogen) atoms. The van der Waals surface area contributed by atoms with Crippen LogP contribution in [0.5, 0.6) is 5.75 Å². The van der Waals surface area contributed by atoms with E-state index in [9.17, 15) is 14.9 Å². The zero-order valence-corrected chi connectivity index (χ0v) is 13.0. The van der Waals surface area contributed by atoms with Crippen molar-refractivity contribution in [3.8, 4) is 5.75 Å². The monoisotopic (exact) mass is 302 g/mol. The van der Waals surface area contributed by atoms with Gasteiger partial charge >= 0.3 is 0 Å². The Balaban J connectivity index is 2.99. The fourth-order valence-corrected chi connectivity index (χ4v) is 2.41. The number of hydrogen-bond acceptors (Lipinski definition) is 5. The van der Waals surface area contributed by atoms with Crippen molar-refractivity contribution in [2.75, 3.05) is 0 Å². The van der Waals surface area contributed by atoms with Gasteiger partial charge in [0.05, 0.1) is 22.0 Å². The second kappa shape index (κ2) is 6.09. The highest BCUT2D eigenvalue weighted by Gasteiger charge is 2.25. The Hall–Kier alpha value is -2.50. The normalized spacial score (nSPS) is 11.0. The van der Waals surface area contributed by atoms with Gasteiger partial charge in [0, 0.05) is 12.3 Å². The molecule has 0 spiro atoms. The number of Topliss-reactive ketones (excluding diaryl/α,β-unsaturated/α-hetero) is 1. The van der Waals surface area contributed by atoms with Crippen LogP contribution in [0.15, 0.2) is 18.3 Å². The zero-order valence-electron chi connectivity index (χ0n) is 13.0. The van der Waals surface area contributed by atoms with Gasteiger partial charge < -0.3 is 4.74 Å². The van der Waals surface area contributed by atoms with Gasteiger partial charge in [-0.2, -0.15) is 0 Å². The van der Waals surface area contributed by atoms with Gasteiger partial charge in [0.15, 0.2) is 11.3 Å². The molecule has 1 aromatic heterocycles. The Morgan fingerprint density at radius 2 is 2.14 bits per heavy atom. The predicted octanol–water partition coefficient (Wildman–Crippen LogP) is 3.70. The van der Waals surface area contributed by atoms with Crippen molar-refractivity contribution in [1.29, 1.82) is 0 Å². The topological polar surface area (TPSA) is 82.3 Å². The van der Waals surface area contributed by atoms with Gasteiger partial charge in [-0.15, -0.1) is 0 Å². The molecule has 6 heteroatoms. The average Bonchev–Trinajstić information content (AvgIpc) is 2.45. The summed E-state index contributed by atoms with van der Waals surface area (Å²) in [6, 6.07) is 3.05. The van der Waals surface area contributed by atoms with Crippen LogP contribution in [0.25, 0.3) is 10.9 Å². The molecule has 0 aliphatic carbocycles. The number of ketones is 1. The standard InChI is InChI=1S/C16H18N2O4/c1-5-11-6-7-17-15-13(18(20)21)8-12(10(4)19)16(14(11)15)22-9(2)3/h6-9H,5H2,1-4H3. The van der Waals surface area contributed by atoms with Crippen molar-refractivity contribution >= 4 is 22.4 Å². The number of carbonyl (C=O) groups is 1. The van der Waals surface area contributed by atoms with Crippen LogP contribution in [0.3, 0.4) is 0 Å². The summed E-state index contributed by atoms with van der Waals surface area (Å²) in [7, 11) is 0. The van der Waals surface area contributed by atoms with E-state index in [4.69, 9.17) is 4.74 Å². The Morgan fingerprint density at radius 3 is 2.64 bits per heavy atom. The minimum absolute atomic E-state index is 0.160. The van der Waals surface area contributed by atoms with E-state index >= 15 is 0 Å². The summed E-state index contributed by atoms with van der Waals surface area (Å²) in [5.74, 6) is 0.111. The van der Waals surface area contributed by atoms with E-state index in [-0.39, 0.29) is 28.7 Å². The molecular formula is C16H18N2O4. The molecule has 0 atom stereocenters. The third-order valence-corrected chi connectivity index (χ3v) is 3.34. The number of fused-ring (bicyclic) bond motifs is 1. The first kappa shape index (κ1) is 15.9. The number of aromatic nitrogens is 1. The maximum atomic E-state index is 11.9. The van der Waals surface area contributed by atoms with Gasteiger partial charge in [-0.25, -0.2) is 4.98 Å². The molecule has 0 bridgehead atoms. The maximum Gasteiger partial charge on any atom is 0.296 e. The van der Waals surface area contributed by atoms with Gasteiger partial charge in [0.2, 0.25) is 0 Å². The summed E-state index contributed by atoms with van der Waals surface area (Å²) in [6.45, 7) is 7.01. The van der Waals surface area contributed by atoms with Gasteiger partial charge in [0.25, 0.3) is 5.69 Å². The van der Waals surface area contributed by atoms with Gasteiger partial charge in [-0.05, 0) is 38.8 Å². The number of non-ortho nitro benzene ring substituents is 1. The van der Waals surface area contributed by atoms with Crippen molar-refractivity contribution in [2.45, 2.75) is 40.2 Å². The van der Waals surface area contributed by atoms with Crippen molar-refractivity contribution in [3.05, 3.63) is 39.6 Å². The molecule has 0 saturated carbocycles. The number of nitrogens with zero attached hydrogens (tertiary/aromatic N) is 2. The quantitative estimate of drug-likeness (QED) is 0.478. The van der Waals surface area contributed by atoms with Crippen LogP contribution < -0.4 is 4.74 Å². The van der Waals surface area contributed by atoms with Crippen molar-refractivity contribution in [1.82, 2.24) is 4.98 Å². The number of nitro groups is 1. The van der Waals surface area contributed by atoms with Crippen LogP contribution in [0.1, 0.15) is 43.6 Å². The molecule has 1 heterocycles. The summed E-state index contributed by atoms with van der Waals surface area (Å²) < 4.78 is 5.81. The lowest BCUT2D eigenvalue weighted by molar-refractivity contribution is -0.383. The van der Waals surface area contributed by atoms with Crippen molar-refractivity contribution in [3.63, 3.8) is 0 Å². The van der Waals surface area contributed by atoms with E-state index in [0.717, 1.165) is 5.56 Å². The number of rotatable bonds is 5.